The molecule has 0 N–H and O–H groups in total. The fraction of sp³-hybridized carbons (Fsp3) is 0.947. The Balaban J connectivity index is 7.59. The minimum atomic E-state index is -9.94. The molecule has 0 aromatic carbocycles. The van der Waals surface area contributed by atoms with Crippen molar-refractivity contribution >= 4 is 16.0 Å². The minimum absolute atomic E-state index is 0.244. The summed E-state index contributed by atoms with van der Waals surface area (Å²) in [6, 6.07) is 0. The van der Waals surface area contributed by atoms with Crippen molar-refractivity contribution in [2.45, 2.75) is 90.4 Å². The van der Waals surface area contributed by atoms with E-state index in [9.17, 15) is 132 Å². The van der Waals surface area contributed by atoms with Gasteiger partial charge in [-0.15, -0.1) is 0 Å². The van der Waals surface area contributed by atoms with E-state index in [1.54, 1.807) is 0 Å². The molecule has 5 nitrogen and oxygen atoms in total. The van der Waals surface area contributed by atoms with Crippen molar-refractivity contribution in [2.24, 2.45) is 0 Å². The van der Waals surface area contributed by atoms with Gasteiger partial charge in [0.2, 0.25) is 0 Å². The lowest BCUT2D eigenvalue weighted by Gasteiger charge is -2.46. The summed E-state index contributed by atoms with van der Waals surface area (Å²) >= 11 is 0. The average Bonchev–Trinajstić information content (AvgIpc) is 2.93. The van der Waals surface area contributed by atoms with Gasteiger partial charge in [-0.3, -0.25) is 4.79 Å². The van der Waals surface area contributed by atoms with Crippen LogP contribution >= 0.6 is 0 Å². The molecule has 0 atom stereocenters. The van der Waals surface area contributed by atoms with Crippen LogP contribution in [0.2, 0.25) is 0 Å². The van der Waals surface area contributed by atoms with E-state index in [1.165, 1.54) is 0 Å². The maximum absolute atomic E-state index is 14.3. The zero-order chi connectivity index (χ0) is 43.0. The number of esters is 1. The quantitative estimate of drug-likeness (QED) is 0.109. The first kappa shape index (κ1) is 49.5. The summed E-state index contributed by atoms with van der Waals surface area (Å²) < 4.78 is 394. The summed E-state index contributed by atoms with van der Waals surface area (Å²) in [5, 5.41) is -8.16. The molecule has 312 valence electrons. The molecule has 0 radical (unpaired) electrons. The van der Waals surface area contributed by atoms with E-state index in [0.717, 1.165) is 6.92 Å². The molecule has 0 aromatic heterocycles. The molecule has 0 fully saturated rings. The Morgan fingerprint density at radius 3 is 0.885 bits per heavy atom. The number of sulfonamides is 1. The number of nitrogens with zero attached hydrogens (tertiary/aromatic N) is 1. The van der Waals surface area contributed by atoms with Crippen molar-refractivity contribution in [3.8, 4) is 0 Å². The van der Waals surface area contributed by atoms with Crippen LogP contribution in [0.25, 0.3) is 0 Å². The molecular weight excluding hydrogens is 851 g/mol. The molecule has 0 aliphatic rings. The Labute approximate surface area is 268 Å². The Morgan fingerprint density at radius 2 is 0.673 bits per heavy atom. The van der Waals surface area contributed by atoms with Crippen LogP contribution in [0.1, 0.15) is 13.8 Å². The standard InChI is InChI=1S/C19H12F27NO4S/c1-3-47(5-6(48)51-4-2)52(49,50)19(45,46)17(40,41)15(36,37)13(32,33)11(28,29)9(24,25)7(20,21)8(22,23)10(26,27)12(30,31)14(34,35)16(38,39)18(42,43)44/h3-5H2,1-2H3. The molecule has 0 saturated heterocycles. The molecule has 0 aromatic rings. The molecule has 0 aliphatic carbocycles. The maximum atomic E-state index is 14.3. The van der Waals surface area contributed by atoms with Crippen molar-refractivity contribution < 1.29 is 136 Å². The highest BCUT2D eigenvalue weighted by molar-refractivity contribution is 7.90. The molecule has 0 saturated carbocycles. The van der Waals surface area contributed by atoms with E-state index < -0.39 is 117 Å². The van der Waals surface area contributed by atoms with Crippen LogP contribution in [0.3, 0.4) is 0 Å². The number of alkyl halides is 27. The lowest BCUT2D eigenvalue weighted by molar-refractivity contribution is -0.483. The zero-order valence-electron chi connectivity index (χ0n) is 23.8. The molecule has 0 unspecified atom stereocenters. The zero-order valence-corrected chi connectivity index (χ0v) is 24.6. The van der Waals surface area contributed by atoms with E-state index >= 15 is 0 Å². The average molecular weight is 863 g/mol. The number of ether oxygens (including phenoxy) is 1. The molecule has 0 aliphatic heterocycles. The Bertz CT molecular complexity index is 1420. The largest absolute Gasteiger partial charge is 0.465 e. The van der Waals surface area contributed by atoms with Gasteiger partial charge in [0.05, 0.1) is 6.61 Å². The van der Waals surface area contributed by atoms with E-state index in [4.69, 9.17) is 0 Å². The fourth-order valence-electron chi connectivity index (χ4n) is 3.18. The first-order valence-electron chi connectivity index (χ1n) is 11.9. The van der Waals surface area contributed by atoms with Crippen molar-refractivity contribution in [3.63, 3.8) is 0 Å². The highest BCUT2D eigenvalue weighted by Crippen LogP contribution is 2.68. The number of halogens is 27. The van der Waals surface area contributed by atoms with Crippen LogP contribution in [0, 0.1) is 0 Å². The lowest BCUT2D eigenvalue weighted by atomic mass is 9.84. The van der Waals surface area contributed by atoms with Gasteiger partial charge in [0.15, 0.2) is 0 Å². The van der Waals surface area contributed by atoms with Gasteiger partial charge in [-0.25, -0.2) is 8.42 Å². The number of rotatable bonds is 17. The number of carbonyl (C=O) groups excluding carboxylic acids is 1. The summed E-state index contributed by atoms with van der Waals surface area (Å²) in [5.41, 5.74) is 0. The van der Waals surface area contributed by atoms with Gasteiger partial charge < -0.3 is 4.74 Å². The first-order chi connectivity index (χ1) is 22.2. The summed E-state index contributed by atoms with van der Waals surface area (Å²) in [6.07, 6.45) is -8.30. The number of likely N-dealkylation sites (N-methyl/N-ethyl adjacent to an activating group) is 1. The van der Waals surface area contributed by atoms with Crippen LogP contribution < -0.4 is 0 Å². The van der Waals surface area contributed by atoms with Crippen LogP contribution in [0.15, 0.2) is 0 Å². The molecule has 0 spiro atoms. The highest BCUT2D eigenvalue weighted by atomic mass is 32.2. The molecule has 33 heteroatoms. The number of carbonyl (C=O) groups is 1. The predicted octanol–water partition coefficient (Wildman–Crippen LogP) is 8.34. The summed E-state index contributed by atoms with van der Waals surface area (Å²) in [5.74, 6) is -107. The molecule has 52 heavy (non-hydrogen) atoms. The summed E-state index contributed by atoms with van der Waals surface area (Å²) in [7, 11) is -7.93. The molecular formula is C19H12F27NO4S. The van der Waals surface area contributed by atoms with Crippen molar-refractivity contribution in [1.82, 2.24) is 4.31 Å². The van der Waals surface area contributed by atoms with Gasteiger partial charge in [0, 0.05) is 6.54 Å². The summed E-state index contributed by atoms with van der Waals surface area (Å²) in [4.78, 5) is 11.3. The highest BCUT2D eigenvalue weighted by Gasteiger charge is 3.00. The second-order valence-electron chi connectivity index (χ2n) is 9.57. The Morgan fingerprint density at radius 1 is 0.442 bits per heavy atom. The van der Waals surface area contributed by atoms with Crippen molar-refractivity contribution in [2.75, 3.05) is 19.7 Å². The summed E-state index contributed by atoms with van der Waals surface area (Å²) in [6.45, 7) is -3.77. The van der Waals surface area contributed by atoms with Gasteiger partial charge in [-0.1, -0.05) is 6.92 Å². The van der Waals surface area contributed by atoms with Crippen LogP contribution in [0.4, 0.5) is 119 Å². The minimum Gasteiger partial charge on any atom is -0.465 e. The van der Waals surface area contributed by atoms with Gasteiger partial charge in [-0.05, 0) is 6.92 Å². The van der Waals surface area contributed by atoms with E-state index in [0.29, 0.717) is 0 Å². The second kappa shape index (κ2) is 13.1. The van der Waals surface area contributed by atoms with E-state index in [1.807, 2.05) is 0 Å². The number of hydrogen-bond donors (Lipinski definition) is 0. The van der Waals surface area contributed by atoms with Crippen LogP contribution in [0.5, 0.6) is 0 Å². The van der Waals surface area contributed by atoms with Crippen LogP contribution in [-0.4, -0.2) is 115 Å². The van der Waals surface area contributed by atoms with E-state index in [2.05, 4.69) is 4.74 Å². The third-order valence-corrected chi connectivity index (χ3v) is 8.26. The molecule has 0 heterocycles. The molecule has 0 bridgehead atoms. The van der Waals surface area contributed by atoms with Crippen molar-refractivity contribution in [3.05, 3.63) is 0 Å². The monoisotopic (exact) mass is 863 g/mol. The maximum Gasteiger partial charge on any atom is 0.460 e. The SMILES string of the molecule is CCOC(=O)CN(CC)S(=O)(=O)C(F)(F)C(F)(F)C(F)(F)C(F)(F)C(F)(F)C(F)(F)C(F)(F)C(F)(F)C(F)(F)C(F)(F)C(F)(F)C(F)(F)C(F)(F)F. The Hall–Kier alpha value is -2.51. The normalized spacial score (nSPS) is 16.4. The smallest absolute Gasteiger partial charge is 0.460 e. The number of hydrogen-bond acceptors (Lipinski definition) is 4. The van der Waals surface area contributed by atoms with Gasteiger partial charge in [0.1, 0.15) is 6.54 Å². The predicted molar refractivity (Wildman–Crippen MR) is 108 cm³/mol. The fourth-order valence-corrected chi connectivity index (χ4v) is 4.57. The van der Waals surface area contributed by atoms with Gasteiger partial charge in [0.25, 0.3) is 10.0 Å². The molecule has 0 amide bonds. The van der Waals surface area contributed by atoms with Gasteiger partial charge in [-0.2, -0.15) is 123 Å². The lowest BCUT2D eigenvalue weighted by Crippen LogP contribution is -2.79. The van der Waals surface area contributed by atoms with Gasteiger partial charge >= 0.3 is 82.5 Å². The molecule has 0 rings (SSSR count). The third-order valence-electron chi connectivity index (χ3n) is 6.29. The Kier molecular flexibility index (Phi) is 12.4. The topological polar surface area (TPSA) is 63.7 Å². The first-order valence-corrected chi connectivity index (χ1v) is 13.4. The van der Waals surface area contributed by atoms with Crippen LogP contribution in [-0.2, 0) is 19.6 Å². The van der Waals surface area contributed by atoms with E-state index in [-0.39, 0.29) is 6.92 Å². The third kappa shape index (κ3) is 6.12. The second-order valence-corrected chi connectivity index (χ2v) is 11.5. The van der Waals surface area contributed by atoms with Crippen molar-refractivity contribution in [1.29, 1.82) is 0 Å².